The summed E-state index contributed by atoms with van der Waals surface area (Å²) in [6.45, 7) is 1.98. The smallest absolute Gasteiger partial charge is 0.181 e. The fourth-order valence-corrected chi connectivity index (χ4v) is 3.23. The number of thiazole rings is 1. The fraction of sp³-hybridized carbons (Fsp3) is 0.333. The molecule has 0 amide bonds. The Morgan fingerprint density at radius 3 is 2.93 bits per heavy atom. The molecule has 15 heavy (non-hydrogen) atoms. The van der Waals surface area contributed by atoms with Crippen LogP contribution < -0.4 is 5.73 Å². The van der Waals surface area contributed by atoms with Crippen LogP contribution in [0.1, 0.15) is 11.5 Å². The summed E-state index contributed by atoms with van der Waals surface area (Å²) < 4.78 is 3.20. The van der Waals surface area contributed by atoms with Gasteiger partial charge in [-0.05, 0) is 6.92 Å². The second kappa shape index (κ2) is 4.24. The number of hydrogen-bond donors (Lipinski definition) is 1. The van der Waals surface area contributed by atoms with Gasteiger partial charge in [0.1, 0.15) is 5.82 Å². The molecule has 2 aromatic rings. The van der Waals surface area contributed by atoms with Gasteiger partial charge in [-0.25, -0.2) is 9.97 Å². The third-order valence-corrected chi connectivity index (χ3v) is 4.37. The summed E-state index contributed by atoms with van der Waals surface area (Å²) in [6.07, 6.45) is 3.76. The molecule has 80 valence electrons. The predicted octanol–water partition coefficient (Wildman–Crippen LogP) is 2.06. The Kier molecular flexibility index (Phi) is 2.97. The highest BCUT2D eigenvalue weighted by Gasteiger charge is 2.07. The molecule has 0 fully saturated rings. The molecule has 0 aliphatic carbocycles. The van der Waals surface area contributed by atoms with E-state index in [4.69, 9.17) is 5.73 Å². The van der Waals surface area contributed by atoms with Crippen molar-refractivity contribution >= 4 is 28.2 Å². The first-order valence-electron chi connectivity index (χ1n) is 4.48. The Hall–Kier alpha value is -1.01. The number of aromatic nitrogens is 3. The highest BCUT2D eigenvalue weighted by atomic mass is 32.2. The van der Waals surface area contributed by atoms with Crippen molar-refractivity contribution in [2.24, 2.45) is 7.05 Å². The predicted molar refractivity (Wildman–Crippen MR) is 64.0 cm³/mol. The van der Waals surface area contributed by atoms with Crippen LogP contribution in [0.5, 0.6) is 0 Å². The van der Waals surface area contributed by atoms with Crippen molar-refractivity contribution in [1.29, 1.82) is 0 Å². The minimum Gasteiger partial charge on any atom is -0.375 e. The Labute approximate surface area is 96.5 Å². The number of rotatable bonds is 3. The highest BCUT2D eigenvalue weighted by Crippen LogP contribution is 2.32. The van der Waals surface area contributed by atoms with Gasteiger partial charge in [0.2, 0.25) is 0 Å². The summed E-state index contributed by atoms with van der Waals surface area (Å²) in [4.78, 5) is 8.44. The van der Waals surface area contributed by atoms with E-state index in [2.05, 4.69) is 9.97 Å². The molecule has 0 bridgehead atoms. The second-order valence-corrected chi connectivity index (χ2v) is 5.44. The van der Waals surface area contributed by atoms with Gasteiger partial charge < -0.3 is 10.3 Å². The van der Waals surface area contributed by atoms with Gasteiger partial charge in [-0.15, -0.1) is 11.8 Å². The van der Waals surface area contributed by atoms with E-state index in [0.29, 0.717) is 5.13 Å². The SMILES string of the molecule is Cc1nc(N)sc1SCc1nccn1C. The minimum absolute atomic E-state index is 0.634. The van der Waals surface area contributed by atoms with Crippen LogP contribution in [0, 0.1) is 6.92 Å². The fourth-order valence-electron chi connectivity index (χ4n) is 1.20. The lowest BCUT2D eigenvalue weighted by molar-refractivity contribution is 0.849. The van der Waals surface area contributed by atoms with Crippen LogP contribution in [0.25, 0.3) is 0 Å². The largest absolute Gasteiger partial charge is 0.375 e. The van der Waals surface area contributed by atoms with Gasteiger partial charge in [0, 0.05) is 19.4 Å². The number of imidazole rings is 1. The lowest BCUT2D eigenvalue weighted by atomic mass is 10.6. The molecule has 0 radical (unpaired) electrons. The summed E-state index contributed by atoms with van der Waals surface area (Å²) in [6, 6.07) is 0. The van der Waals surface area contributed by atoms with Crippen molar-refractivity contribution in [1.82, 2.24) is 14.5 Å². The number of hydrogen-bond acceptors (Lipinski definition) is 5. The first-order valence-corrected chi connectivity index (χ1v) is 6.29. The van der Waals surface area contributed by atoms with Gasteiger partial charge in [-0.1, -0.05) is 11.3 Å². The molecule has 0 aromatic carbocycles. The zero-order valence-electron chi connectivity index (χ0n) is 8.60. The van der Waals surface area contributed by atoms with Crippen LogP contribution >= 0.6 is 23.1 Å². The van der Waals surface area contributed by atoms with Crippen LogP contribution in [0.15, 0.2) is 16.6 Å². The van der Waals surface area contributed by atoms with Crippen LogP contribution in [0.3, 0.4) is 0 Å². The minimum atomic E-state index is 0.634. The second-order valence-electron chi connectivity index (χ2n) is 3.17. The van der Waals surface area contributed by atoms with E-state index in [-0.39, 0.29) is 0 Å². The number of nitrogens with zero attached hydrogens (tertiary/aromatic N) is 3. The Bertz CT molecular complexity index is 460. The topological polar surface area (TPSA) is 56.7 Å². The van der Waals surface area contributed by atoms with E-state index in [1.165, 1.54) is 15.5 Å². The first-order chi connectivity index (χ1) is 7.16. The molecule has 6 heteroatoms. The molecule has 2 heterocycles. The van der Waals surface area contributed by atoms with Gasteiger partial charge in [0.15, 0.2) is 5.13 Å². The normalized spacial score (nSPS) is 10.8. The number of anilines is 1. The maximum absolute atomic E-state index is 5.63. The van der Waals surface area contributed by atoms with Gasteiger partial charge in [-0.3, -0.25) is 0 Å². The van der Waals surface area contributed by atoms with Gasteiger partial charge in [0.05, 0.1) is 15.7 Å². The molecule has 0 saturated carbocycles. The van der Waals surface area contributed by atoms with E-state index in [0.717, 1.165) is 17.3 Å². The van der Waals surface area contributed by atoms with E-state index in [9.17, 15) is 0 Å². The van der Waals surface area contributed by atoms with Gasteiger partial charge >= 0.3 is 0 Å². The maximum Gasteiger partial charge on any atom is 0.181 e. The van der Waals surface area contributed by atoms with Crippen molar-refractivity contribution in [3.05, 3.63) is 23.9 Å². The van der Waals surface area contributed by atoms with Crippen molar-refractivity contribution < 1.29 is 0 Å². The Morgan fingerprint density at radius 1 is 1.60 bits per heavy atom. The zero-order chi connectivity index (χ0) is 10.8. The summed E-state index contributed by atoms with van der Waals surface area (Å²) in [5, 5.41) is 0.634. The quantitative estimate of drug-likeness (QED) is 0.834. The Morgan fingerprint density at radius 2 is 2.40 bits per heavy atom. The number of nitrogen functional groups attached to an aromatic ring is 1. The molecule has 0 aliphatic heterocycles. The Balaban J connectivity index is 2.05. The monoisotopic (exact) mass is 240 g/mol. The van der Waals surface area contributed by atoms with Crippen LogP contribution in [0.4, 0.5) is 5.13 Å². The van der Waals surface area contributed by atoms with Gasteiger partial charge in [-0.2, -0.15) is 0 Å². The summed E-state index contributed by atoms with van der Waals surface area (Å²) in [5.41, 5.74) is 6.64. The molecule has 0 unspecified atom stereocenters. The van der Waals surface area contributed by atoms with Crippen molar-refractivity contribution in [3.63, 3.8) is 0 Å². The summed E-state index contributed by atoms with van der Waals surface area (Å²) in [5.74, 6) is 1.91. The highest BCUT2D eigenvalue weighted by molar-refractivity contribution is 8.00. The number of aryl methyl sites for hydroxylation is 2. The summed E-state index contributed by atoms with van der Waals surface area (Å²) in [7, 11) is 2.00. The maximum atomic E-state index is 5.63. The molecule has 2 aromatic heterocycles. The standard InChI is InChI=1S/C9H12N4S2/c1-6-8(15-9(10)12-6)14-5-7-11-3-4-13(7)2/h3-4H,5H2,1-2H3,(H2,10,12). The van der Waals surface area contributed by atoms with Crippen LogP contribution in [-0.2, 0) is 12.8 Å². The third kappa shape index (κ3) is 2.32. The molecule has 0 spiro atoms. The van der Waals surface area contributed by atoms with E-state index < -0.39 is 0 Å². The molecule has 0 aliphatic rings. The van der Waals surface area contributed by atoms with Crippen LogP contribution in [0.2, 0.25) is 0 Å². The molecule has 0 atom stereocenters. The average Bonchev–Trinajstić information content (AvgIpc) is 2.70. The molecular weight excluding hydrogens is 228 g/mol. The lowest BCUT2D eigenvalue weighted by Crippen LogP contribution is -1.94. The van der Waals surface area contributed by atoms with Crippen molar-refractivity contribution in [3.8, 4) is 0 Å². The summed E-state index contributed by atoms with van der Waals surface area (Å²) >= 11 is 3.27. The number of nitrogens with two attached hydrogens (primary N) is 1. The molecule has 0 saturated heterocycles. The third-order valence-electron chi connectivity index (χ3n) is 2.02. The van der Waals surface area contributed by atoms with Crippen molar-refractivity contribution in [2.75, 3.05) is 5.73 Å². The number of thioether (sulfide) groups is 1. The van der Waals surface area contributed by atoms with E-state index in [1.54, 1.807) is 11.8 Å². The average molecular weight is 240 g/mol. The van der Waals surface area contributed by atoms with Crippen molar-refractivity contribution in [2.45, 2.75) is 16.9 Å². The van der Waals surface area contributed by atoms with E-state index in [1.807, 2.05) is 30.9 Å². The lowest BCUT2D eigenvalue weighted by Gasteiger charge is -1.99. The first kappa shape index (κ1) is 10.5. The molecule has 2 rings (SSSR count). The van der Waals surface area contributed by atoms with E-state index >= 15 is 0 Å². The zero-order valence-corrected chi connectivity index (χ0v) is 10.2. The molecule has 2 N–H and O–H groups in total. The van der Waals surface area contributed by atoms with Crippen LogP contribution in [-0.4, -0.2) is 14.5 Å². The van der Waals surface area contributed by atoms with Gasteiger partial charge in [0.25, 0.3) is 0 Å². The molecular formula is C9H12N4S2. The molecule has 4 nitrogen and oxygen atoms in total.